The van der Waals surface area contributed by atoms with Gasteiger partial charge in [-0.15, -0.1) is 0 Å². The van der Waals surface area contributed by atoms with E-state index in [0.717, 1.165) is 6.42 Å². The third-order valence-corrected chi connectivity index (χ3v) is 1.62. The molecule has 0 amide bonds. The molecule has 1 aromatic carbocycles. The smallest absolute Gasteiger partial charge is 0.155 e. The van der Waals surface area contributed by atoms with Crippen molar-refractivity contribution in [2.45, 2.75) is 6.42 Å². The van der Waals surface area contributed by atoms with Crippen molar-refractivity contribution in [1.29, 1.82) is 0 Å². The van der Waals surface area contributed by atoms with Gasteiger partial charge in [0.05, 0.1) is 6.61 Å². The summed E-state index contributed by atoms with van der Waals surface area (Å²) in [6.45, 7) is 0.604. The van der Waals surface area contributed by atoms with Gasteiger partial charge in [0.1, 0.15) is 0 Å². The van der Waals surface area contributed by atoms with Gasteiger partial charge in [0, 0.05) is 0 Å². The molecule has 0 spiro atoms. The molecule has 0 aliphatic carbocycles. The lowest BCUT2D eigenvalue weighted by Crippen LogP contribution is -1.94. The zero-order valence-electron chi connectivity index (χ0n) is 6.00. The first-order valence-electron chi connectivity index (χ1n) is 3.37. The number of hydrogen-bond donors (Lipinski definition) is 0. The summed E-state index contributed by atoms with van der Waals surface area (Å²) in [4.78, 5) is 4.72. The SMILES string of the molecule is IOOCCc1ccccc1. The highest BCUT2D eigenvalue weighted by atomic mass is 127. The van der Waals surface area contributed by atoms with Crippen LogP contribution in [0.15, 0.2) is 30.3 Å². The molecule has 1 rings (SSSR count). The van der Waals surface area contributed by atoms with E-state index in [-0.39, 0.29) is 0 Å². The highest BCUT2D eigenvalue weighted by Crippen LogP contribution is 2.00. The summed E-state index contributed by atoms with van der Waals surface area (Å²) >= 11 is 1.71. The maximum absolute atomic E-state index is 4.72. The van der Waals surface area contributed by atoms with Crippen molar-refractivity contribution >= 4 is 23.0 Å². The van der Waals surface area contributed by atoms with E-state index in [4.69, 9.17) is 4.89 Å². The second kappa shape index (κ2) is 5.51. The van der Waals surface area contributed by atoms with Crippen LogP contribution in [-0.2, 0) is 14.5 Å². The van der Waals surface area contributed by atoms with Gasteiger partial charge in [-0.05, 0) is 12.0 Å². The van der Waals surface area contributed by atoms with Crippen molar-refractivity contribution in [2.24, 2.45) is 0 Å². The van der Waals surface area contributed by atoms with Crippen LogP contribution in [0, 0.1) is 0 Å². The molecule has 3 heteroatoms. The Balaban J connectivity index is 2.28. The van der Waals surface area contributed by atoms with Gasteiger partial charge in [0.25, 0.3) is 0 Å². The predicted molar refractivity (Wildman–Crippen MR) is 51.2 cm³/mol. The van der Waals surface area contributed by atoms with Gasteiger partial charge in [-0.1, -0.05) is 30.3 Å². The fourth-order valence-corrected chi connectivity index (χ4v) is 1.02. The molecule has 0 atom stereocenters. The molecular weight excluding hydrogens is 255 g/mol. The van der Waals surface area contributed by atoms with Gasteiger partial charge in [-0.25, -0.2) is 4.89 Å². The lowest BCUT2D eigenvalue weighted by Gasteiger charge is -1.98. The van der Waals surface area contributed by atoms with E-state index < -0.39 is 0 Å². The molecule has 0 bridgehead atoms. The molecule has 0 fully saturated rings. The predicted octanol–water partition coefficient (Wildman–Crippen LogP) is 2.53. The lowest BCUT2D eigenvalue weighted by atomic mass is 10.2. The quantitative estimate of drug-likeness (QED) is 0.360. The summed E-state index contributed by atoms with van der Waals surface area (Å²) < 4.78 is 4.43. The first kappa shape index (κ1) is 8.96. The molecule has 1 aromatic rings. The molecule has 0 aliphatic rings. The summed E-state index contributed by atoms with van der Waals surface area (Å²) in [5.74, 6) is 0. The monoisotopic (exact) mass is 264 g/mol. The molecular formula is C8H9IO2. The lowest BCUT2D eigenvalue weighted by molar-refractivity contribution is -0.164. The number of hydrogen-bond acceptors (Lipinski definition) is 2. The number of rotatable bonds is 4. The highest BCUT2D eigenvalue weighted by Gasteiger charge is 1.90. The van der Waals surface area contributed by atoms with E-state index in [9.17, 15) is 0 Å². The van der Waals surface area contributed by atoms with Crippen LogP contribution >= 0.6 is 23.0 Å². The zero-order valence-corrected chi connectivity index (χ0v) is 8.15. The van der Waals surface area contributed by atoms with Crippen LogP contribution in [0.1, 0.15) is 5.56 Å². The fourth-order valence-electron chi connectivity index (χ4n) is 0.836. The van der Waals surface area contributed by atoms with Crippen LogP contribution in [0.2, 0.25) is 0 Å². The number of benzene rings is 1. The van der Waals surface area contributed by atoms with Crippen molar-refractivity contribution in [3.05, 3.63) is 35.9 Å². The van der Waals surface area contributed by atoms with Crippen molar-refractivity contribution in [2.75, 3.05) is 6.61 Å². The largest absolute Gasteiger partial charge is 0.226 e. The van der Waals surface area contributed by atoms with E-state index in [0.29, 0.717) is 6.61 Å². The molecule has 0 unspecified atom stereocenters. The van der Waals surface area contributed by atoms with Crippen molar-refractivity contribution in [3.8, 4) is 0 Å². The minimum absolute atomic E-state index is 0.604. The van der Waals surface area contributed by atoms with Crippen molar-refractivity contribution in [3.63, 3.8) is 0 Å². The van der Waals surface area contributed by atoms with Gasteiger partial charge in [0.2, 0.25) is 0 Å². The molecule has 0 saturated carbocycles. The molecule has 0 saturated heterocycles. The van der Waals surface area contributed by atoms with Crippen molar-refractivity contribution in [1.82, 2.24) is 0 Å². The molecule has 60 valence electrons. The Hall–Kier alpha value is -0.130. The molecule has 0 N–H and O–H groups in total. The standard InChI is InChI=1S/C8H9IO2/c9-11-10-7-6-8-4-2-1-3-5-8/h1-5H,6-7H2. The van der Waals surface area contributed by atoms with Gasteiger partial charge in [0.15, 0.2) is 23.0 Å². The highest BCUT2D eigenvalue weighted by molar-refractivity contribution is 14.1. The topological polar surface area (TPSA) is 18.5 Å². The molecule has 0 aliphatic heterocycles. The van der Waals surface area contributed by atoms with Crippen LogP contribution in [0.5, 0.6) is 0 Å². The maximum Gasteiger partial charge on any atom is 0.155 e. The second-order valence-electron chi connectivity index (χ2n) is 2.12. The normalized spacial score (nSPS) is 9.91. The molecule has 11 heavy (non-hydrogen) atoms. The van der Waals surface area contributed by atoms with Gasteiger partial charge in [-0.3, -0.25) is 0 Å². The Morgan fingerprint density at radius 2 is 1.91 bits per heavy atom. The second-order valence-corrected chi connectivity index (χ2v) is 2.48. The molecule has 0 heterocycles. The Kier molecular flexibility index (Phi) is 4.49. The Morgan fingerprint density at radius 1 is 1.18 bits per heavy atom. The maximum atomic E-state index is 4.72. The van der Waals surface area contributed by atoms with Crippen LogP contribution in [0.4, 0.5) is 0 Å². The molecule has 0 aromatic heterocycles. The Labute approximate surface area is 80.1 Å². The average Bonchev–Trinajstić information content (AvgIpc) is 2.07. The van der Waals surface area contributed by atoms with Gasteiger partial charge >= 0.3 is 0 Å². The van der Waals surface area contributed by atoms with Gasteiger partial charge in [-0.2, -0.15) is 3.22 Å². The van der Waals surface area contributed by atoms with E-state index in [1.54, 1.807) is 23.0 Å². The first-order chi connectivity index (χ1) is 5.43. The average molecular weight is 264 g/mol. The Bertz CT molecular complexity index is 189. The minimum atomic E-state index is 0.604. The third-order valence-electron chi connectivity index (χ3n) is 1.36. The summed E-state index contributed by atoms with van der Waals surface area (Å²) in [6, 6.07) is 10.2. The summed E-state index contributed by atoms with van der Waals surface area (Å²) in [5.41, 5.74) is 1.26. The fraction of sp³-hybridized carbons (Fsp3) is 0.250. The van der Waals surface area contributed by atoms with Gasteiger partial charge < -0.3 is 0 Å². The first-order valence-corrected chi connectivity index (χ1v) is 4.25. The molecule has 0 radical (unpaired) electrons. The van der Waals surface area contributed by atoms with E-state index in [2.05, 4.69) is 15.3 Å². The van der Waals surface area contributed by atoms with Crippen molar-refractivity contribution < 1.29 is 8.10 Å². The molecule has 2 nitrogen and oxygen atoms in total. The summed E-state index contributed by atoms with van der Waals surface area (Å²) in [7, 11) is 0. The van der Waals surface area contributed by atoms with Crippen LogP contribution in [-0.4, -0.2) is 6.61 Å². The van der Waals surface area contributed by atoms with E-state index in [1.165, 1.54) is 5.56 Å². The number of halogens is 1. The third kappa shape index (κ3) is 3.69. The van der Waals surface area contributed by atoms with Crippen LogP contribution in [0.3, 0.4) is 0 Å². The van der Waals surface area contributed by atoms with E-state index >= 15 is 0 Å². The Morgan fingerprint density at radius 3 is 2.55 bits per heavy atom. The van der Waals surface area contributed by atoms with Crippen LogP contribution in [0.25, 0.3) is 0 Å². The zero-order chi connectivity index (χ0) is 7.94. The van der Waals surface area contributed by atoms with Crippen LogP contribution < -0.4 is 0 Å². The minimum Gasteiger partial charge on any atom is -0.226 e. The summed E-state index contributed by atoms with van der Waals surface area (Å²) in [6.07, 6.45) is 0.893. The van der Waals surface area contributed by atoms with E-state index in [1.807, 2.05) is 18.2 Å². The summed E-state index contributed by atoms with van der Waals surface area (Å²) in [5, 5.41) is 0.